The third-order valence-corrected chi connectivity index (χ3v) is 6.18. The third-order valence-electron chi connectivity index (χ3n) is 5.10. The molecule has 0 radical (unpaired) electrons. The van der Waals surface area contributed by atoms with Gasteiger partial charge in [0.1, 0.15) is 24.2 Å². The molecule has 0 heterocycles. The number of hydrazone groups is 1. The first-order valence-electron chi connectivity index (χ1n) is 10.9. The zero-order chi connectivity index (χ0) is 26.2. The molecular formula is C26H23BrCl2FN3O3. The highest BCUT2D eigenvalue weighted by molar-refractivity contribution is 9.10. The Labute approximate surface area is 227 Å². The van der Waals surface area contributed by atoms with Crippen LogP contribution in [0.25, 0.3) is 0 Å². The van der Waals surface area contributed by atoms with E-state index in [1.54, 1.807) is 50.2 Å². The molecule has 2 amide bonds. The van der Waals surface area contributed by atoms with Gasteiger partial charge in [-0.15, -0.1) is 0 Å². The van der Waals surface area contributed by atoms with Gasteiger partial charge in [-0.2, -0.15) is 5.10 Å². The molecule has 0 aliphatic carbocycles. The summed E-state index contributed by atoms with van der Waals surface area (Å²) < 4.78 is 20.6. The molecule has 0 fully saturated rings. The number of halogens is 4. The predicted octanol–water partition coefficient (Wildman–Crippen LogP) is 6.38. The molecule has 36 heavy (non-hydrogen) atoms. The number of amides is 2. The van der Waals surface area contributed by atoms with Crippen LogP contribution in [0.15, 0.2) is 70.2 Å². The molecule has 6 nitrogen and oxygen atoms in total. The fourth-order valence-corrected chi connectivity index (χ4v) is 4.02. The molecule has 1 unspecified atom stereocenters. The maximum absolute atomic E-state index is 14.0. The molecule has 0 aliphatic rings. The second-order valence-corrected chi connectivity index (χ2v) is 9.88. The van der Waals surface area contributed by atoms with Gasteiger partial charge in [-0.05, 0) is 48.4 Å². The van der Waals surface area contributed by atoms with Crippen LogP contribution < -0.4 is 15.5 Å². The fraction of sp³-hybridized carbons (Fsp3) is 0.192. The quantitative estimate of drug-likeness (QED) is 0.223. The van der Waals surface area contributed by atoms with Crippen LogP contribution in [0.1, 0.15) is 35.3 Å². The predicted molar refractivity (Wildman–Crippen MR) is 143 cm³/mol. The van der Waals surface area contributed by atoms with Crippen molar-refractivity contribution in [3.05, 3.63) is 97.7 Å². The molecule has 3 aromatic rings. The molecular weight excluding hydrogens is 572 g/mol. The van der Waals surface area contributed by atoms with Crippen molar-refractivity contribution >= 4 is 57.2 Å². The first-order valence-corrected chi connectivity index (χ1v) is 12.4. The fourth-order valence-electron chi connectivity index (χ4n) is 3.18. The lowest BCUT2D eigenvalue weighted by Crippen LogP contribution is -2.48. The Balaban J connectivity index is 1.68. The highest BCUT2D eigenvalue weighted by atomic mass is 79.9. The van der Waals surface area contributed by atoms with Crippen molar-refractivity contribution < 1.29 is 18.7 Å². The van der Waals surface area contributed by atoms with Crippen molar-refractivity contribution in [3.63, 3.8) is 0 Å². The molecule has 3 rings (SSSR count). The lowest BCUT2D eigenvalue weighted by atomic mass is 10.0. The molecule has 0 saturated carbocycles. The van der Waals surface area contributed by atoms with Crippen molar-refractivity contribution in [2.24, 2.45) is 11.0 Å². The van der Waals surface area contributed by atoms with Gasteiger partial charge in [0, 0.05) is 25.6 Å². The summed E-state index contributed by atoms with van der Waals surface area (Å²) in [7, 11) is 0. The number of hydrogen-bond donors (Lipinski definition) is 2. The van der Waals surface area contributed by atoms with Crippen molar-refractivity contribution in [2.75, 3.05) is 0 Å². The smallest absolute Gasteiger partial charge is 0.262 e. The van der Waals surface area contributed by atoms with Gasteiger partial charge in [-0.1, -0.05) is 71.2 Å². The van der Waals surface area contributed by atoms with E-state index < -0.39 is 23.7 Å². The summed E-state index contributed by atoms with van der Waals surface area (Å²) in [5, 5.41) is 7.62. The summed E-state index contributed by atoms with van der Waals surface area (Å²) in [5.41, 5.74) is 3.64. The number of nitrogens with one attached hydrogen (secondary N) is 2. The van der Waals surface area contributed by atoms with Gasteiger partial charge >= 0.3 is 0 Å². The van der Waals surface area contributed by atoms with Gasteiger partial charge in [0.05, 0.1) is 11.8 Å². The SMILES string of the molecule is CC(C)C(NC(=O)c1ccccc1F)C(=O)NN=Cc1cc(Br)ccc1OCc1ccc(Cl)cc1Cl. The largest absolute Gasteiger partial charge is 0.488 e. The Morgan fingerprint density at radius 2 is 1.86 bits per heavy atom. The van der Waals surface area contributed by atoms with E-state index in [2.05, 4.69) is 31.8 Å². The average Bonchev–Trinajstić information content (AvgIpc) is 2.82. The molecule has 1 atom stereocenters. The maximum Gasteiger partial charge on any atom is 0.262 e. The second-order valence-electron chi connectivity index (χ2n) is 8.12. The first kappa shape index (κ1) is 27.6. The topological polar surface area (TPSA) is 79.8 Å². The zero-order valence-electron chi connectivity index (χ0n) is 19.4. The van der Waals surface area contributed by atoms with Crippen LogP contribution in [0.3, 0.4) is 0 Å². The molecule has 188 valence electrons. The van der Waals surface area contributed by atoms with Crippen molar-refractivity contribution in [1.29, 1.82) is 0 Å². The van der Waals surface area contributed by atoms with Crippen LogP contribution in [0.5, 0.6) is 5.75 Å². The first-order chi connectivity index (χ1) is 17.2. The number of benzene rings is 3. The van der Waals surface area contributed by atoms with Crippen LogP contribution >= 0.6 is 39.1 Å². The van der Waals surface area contributed by atoms with Crippen LogP contribution in [0.4, 0.5) is 4.39 Å². The normalized spacial score (nSPS) is 12.0. The average molecular weight is 595 g/mol. The van der Waals surface area contributed by atoms with Crippen molar-refractivity contribution in [3.8, 4) is 5.75 Å². The van der Waals surface area contributed by atoms with Crippen LogP contribution in [-0.2, 0) is 11.4 Å². The van der Waals surface area contributed by atoms with Gasteiger partial charge in [-0.3, -0.25) is 9.59 Å². The monoisotopic (exact) mass is 593 g/mol. The molecule has 0 spiro atoms. The van der Waals surface area contributed by atoms with E-state index in [0.717, 1.165) is 10.0 Å². The lowest BCUT2D eigenvalue weighted by Gasteiger charge is -2.20. The molecule has 10 heteroatoms. The Hall–Kier alpha value is -2.94. The number of carbonyl (C=O) groups is 2. The van der Waals surface area contributed by atoms with Gasteiger partial charge in [-0.25, -0.2) is 9.82 Å². The highest BCUT2D eigenvalue weighted by Crippen LogP contribution is 2.26. The molecule has 0 bridgehead atoms. The minimum absolute atomic E-state index is 0.142. The second kappa shape index (κ2) is 12.9. The van der Waals surface area contributed by atoms with Crippen molar-refractivity contribution in [2.45, 2.75) is 26.5 Å². The Kier molecular flexibility index (Phi) is 9.87. The van der Waals surface area contributed by atoms with Crippen LogP contribution in [0.2, 0.25) is 10.0 Å². The molecule has 2 N–H and O–H groups in total. The van der Waals surface area contributed by atoms with Gasteiger partial charge < -0.3 is 10.1 Å². The van der Waals surface area contributed by atoms with Gasteiger partial charge in [0.2, 0.25) is 0 Å². The van der Waals surface area contributed by atoms with E-state index in [-0.39, 0.29) is 18.1 Å². The minimum atomic E-state index is -0.931. The van der Waals surface area contributed by atoms with E-state index in [4.69, 9.17) is 27.9 Å². The molecule has 0 aromatic heterocycles. The summed E-state index contributed by atoms with van der Waals surface area (Å²) in [6.45, 7) is 3.72. The van der Waals surface area contributed by atoms with Crippen LogP contribution in [-0.4, -0.2) is 24.1 Å². The maximum atomic E-state index is 14.0. The molecule has 0 aliphatic heterocycles. The van der Waals surface area contributed by atoms with Crippen LogP contribution in [0, 0.1) is 11.7 Å². The van der Waals surface area contributed by atoms with E-state index in [0.29, 0.717) is 21.4 Å². The van der Waals surface area contributed by atoms with E-state index in [1.807, 2.05) is 6.07 Å². The summed E-state index contributed by atoms with van der Waals surface area (Å²) in [5.74, 6) is -1.66. The van der Waals surface area contributed by atoms with E-state index >= 15 is 0 Å². The van der Waals surface area contributed by atoms with E-state index in [9.17, 15) is 14.0 Å². The zero-order valence-corrected chi connectivity index (χ0v) is 22.5. The summed E-state index contributed by atoms with van der Waals surface area (Å²) >= 11 is 15.6. The van der Waals surface area contributed by atoms with Crippen molar-refractivity contribution in [1.82, 2.24) is 10.7 Å². The number of rotatable bonds is 9. The Bertz CT molecular complexity index is 1290. The van der Waals surface area contributed by atoms with E-state index in [1.165, 1.54) is 24.4 Å². The molecule has 3 aromatic carbocycles. The Morgan fingerprint density at radius 3 is 2.56 bits per heavy atom. The number of nitrogens with zero attached hydrogens (tertiary/aromatic N) is 1. The summed E-state index contributed by atoms with van der Waals surface area (Å²) in [6, 6.07) is 15.1. The molecule has 0 saturated heterocycles. The Morgan fingerprint density at radius 1 is 1.11 bits per heavy atom. The number of hydrogen-bond acceptors (Lipinski definition) is 4. The minimum Gasteiger partial charge on any atom is -0.488 e. The lowest BCUT2D eigenvalue weighted by molar-refractivity contribution is -0.123. The summed E-state index contributed by atoms with van der Waals surface area (Å²) in [6.07, 6.45) is 1.43. The number of carbonyl (C=O) groups excluding carboxylic acids is 2. The van der Waals surface area contributed by atoms with Gasteiger partial charge in [0.15, 0.2) is 0 Å². The number of ether oxygens (including phenoxy) is 1. The third kappa shape index (κ3) is 7.53. The standard InChI is InChI=1S/C26H23BrCl2FN3O3/c1-15(2)24(32-25(34)20-5-3-4-6-22(20)30)26(35)33-31-13-17-11-18(27)8-10-23(17)36-14-16-7-9-19(28)12-21(16)29/h3-13,15,24H,14H2,1-2H3,(H,32,34)(H,33,35). The highest BCUT2D eigenvalue weighted by Gasteiger charge is 2.25. The summed E-state index contributed by atoms with van der Waals surface area (Å²) in [4.78, 5) is 25.2. The van der Waals surface area contributed by atoms with Gasteiger partial charge in [0.25, 0.3) is 11.8 Å².